The zero-order valence-corrected chi connectivity index (χ0v) is 22.9. The first-order valence-corrected chi connectivity index (χ1v) is 13.5. The molecule has 1 saturated carbocycles. The van der Waals surface area contributed by atoms with Crippen molar-refractivity contribution < 1.29 is 22.7 Å². The minimum Gasteiger partial charge on any atom is -0.406 e. The van der Waals surface area contributed by atoms with Gasteiger partial charge in [-0.3, -0.25) is 9.78 Å². The van der Waals surface area contributed by atoms with Crippen LogP contribution < -0.4 is 14.5 Å². The van der Waals surface area contributed by atoms with E-state index in [2.05, 4.69) is 14.7 Å². The number of aromatic nitrogens is 2. The molecule has 5 rings (SSSR count). The van der Waals surface area contributed by atoms with Crippen LogP contribution in [0.15, 0.2) is 85.2 Å². The molecule has 4 aromatic rings. The molecule has 1 aliphatic rings. The molecule has 41 heavy (non-hydrogen) atoms. The monoisotopic (exact) mass is 560 g/mol. The van der Waals surface area contributed by atoms with Gasteiger partial charge in [0.25, 0.3) is 0 Å². The number of benzene rings is 2. The Labute approximate surface area is 237 Å². The lowest BCUT2D eigenvalue weighted by atomic mass is 10.0. The molecule has 0 saturated heterocycles. The van der Waals surface area contributed by atoms with Crippen LogP contribution in [0, 0.1) is 5.92 Å². The van der Waals surface area contributed by atoms with Gasteiger partial charge in [-0.1, -0.05) is 43.2 Å². The Bertz CT molecular complexity index is 1480. The molecule has 0 N–H and O–H groups in total. The molecule has 1 amide bonds. The van der Waals surface area contributed by atoms with Crippen LogP contribution in [0.25, 0.3) is 22.4 Å². The standard InChI is InChI=1S/C32H31F3N4O2/c1-38(2)30-16-14-26(20-37-30)29-15-13-22(19-36-29)21-39(31(40)23-7-3-4-8-23)27-11-5-9-24(17-27)25-10-6-12-28(18-25)41-32(33,34)35/h5-6,9-20,23H,3-4,7-8,21H2,1-2H3. The van der Waals surface area contributed by atoms with Crippen molar-refractivity contribution in [3.8, 4) is 28.1 Å². The number of hydrogen-bond acceptors (Lipinski definition) is 5. The highest BCUT2D eigenvalue weighted by Crippen LogP contribution is 2.33. The van der Waals surface area contributed by atoms with Crippen LogP contribution in [-0.2, 0) is 11.3 Å². The lowest BCUT2D eigenvalue weighted by Gasteiger charge is -2.26. The van der Waals surface area contributed by atoms with Gasteiger partial charge in [0.05, 0.1) is 12.2 Å². The third-order valence-corrected chi connectivity index (χ3v) is 7.20. The molecule has 2 aromatic heterocycles. The summed E-state index contributed by atoms with van der Waals surface area (Å²) in [5.41, 5.74) is 4.45. The number of ether oxygens (including phenoxy) is 1. The van der Waals surface area contributed by atoms with Gasteiger partial charge in [0.1, 0.15) is 11.6 Å². The molecule has 2 heterocycles. The molecule has 0 spiro atoms. The number of amides is 1. The molecule has 0 bridgehead atoms. The topological polar surface area (TPSA) is 58.6 Å². The molecular formula is C32H31F3N4O2. The molecule has 212 valence electrons. The molecule has 9 heteroatoms. The highest BCUT2D eigenvalue weighted by atomic mass is 19.4. The molecule has 6 nitrogen and oxygen atoms in total. The van der Waals surface area contributed by atoms with Gasteiger partial charge in [-0.2, -0.15) is 0 Å². The second-order valence-corrected chi connectivity index (χ2v) is 10.4. The maximum absolute atomic E-state index is 13.7. The number of carbonyl (C=O) groups is 1. The number of carbonyl (C=O) groups excluding carboxylic acids is 1. The summed E-state index contributed by atoms with van der Waals surface area (Å²) in [5.74, 6) is 0.544. The molecule has 0 atom stereocenters. The van der Waals surface area contributed by atoms with E-state index in [1.54, 1.807) is 29.4 Å². The molecule has 0 unspecified atom stereocenters. The predicted octanol–water partition coefficient (Wildman–Crippen LogP) is 7.50. The minimum atomic E-state index is -4.78. The van der Waals surface area contributed by atoms with Gasteiger partial charge in [-0.15, -0.1) is 13.2 Å². The van der Waals surface area contributed by atoms with Crippen molar-refractivity contribution in [3.05, 3.63) is 90.8 Å². The van der Waals surface area contributed by atoms with Gasteiger partial charge in [-0.05, 0) is 72.0 Å². The molecule has 1 aliphatic carbocycles. The highest BCUT2D eigenvalue weighted by Gasteiger charge is 2.31. The summed E-state index contributed by atoms with van der Waals surface area (Å²) in [4.78, 5) is 26.5. The number of alkyl halides is 3. The molecule has 1 fully saturated rings. The zero-order valence-electron chi connectivity index (χ0n) is 22.9. The Morgan fingerprint density at radius 2 is 1.61 bits per heavy atom. The number of pyridine rings is 2. The predicted molar refractivity (Wildman–Crippen MR) is 154 cm³/mol. The summed E-state index contributed by atoms with van der Waals surface area (Å²) in [6, 6.07) is 20.9. The number of halogens is 3. The lowest BCUT2D eigenvalue weighted by Crippen LogP contribution is -2.35. The van der Waals surface area contributed by atoms with E-state index in [1.807, 2.05) is 61.5 Å². The van der Waals surface area contributed by atoms with Gasteiger partial charge in [0, 0.05) is 43.7 Å². The van der Waals surface area contributed by atoms with Crippen LogP contribution in [0.4, 0.5) is 24.7 Å². The summed E-state index contributed by atoms with van der Waals surface area (Å²) < 4.78 is 42.4. The van der Waals surface area contributed by atoms with E-state index in [0.29, 0.717) is 23.4 Å². The molecular weight excluding hydrogens is 529 g/mol. The Kier molecular flexibility index (Phi) is 8.23. The summed E-state index contributed by atoms with van der Waals surface area (Å²) in [6.45, 7) is 0.321. The molecule has 0 aliphatic heterocycles. The number of rotatable bonds is 8. The van der Waals surface area contributed by atoms with Crippen molar-refractivity contribution in [2.24, 2.45) is 5.92 Å². The zero-order chi connectivity index (χ0) is 29.0. The van der Waals surface area contributed by atoms with Crippen molar-refractivity contribution in [2.45, 2.75) is 38.6 Å². The second kappa shape index (κ2) is 12.0. The van der Waals surface area contributed by atoms with E-state index in [0.717, 1.165) is 48.3 Å². The Balaban J connectivity index is 1.42. The maximum atomic E-state index is 13.7. The van der Waals surface area contributed by atoms with Gasteiger partial charge in [-0.25, -0.2) is 4.98 Å². The van der Waals surface area contributed by atoms with E-state index < -0.39 is 6.36 Å². The molecule has 0 radical (unpaired) electrons. The SMILES string of the molecule is CN(C)c1ccc(-c2ccc(CN(C(=O)C3CCCC3)c3cccc(-c4cccc(OC(F)(F)F)c4)c3)cn2)cn1. The largest absolute Gasteiger partial charge is 0.573 e. The van der Waals surface area contributed by atoms with Gasteiger partial charge < -0.3 is 14.5 Å². The first-order valence-electron chi connectivity index (χ1n) is 13.5. The van der Waals surface area contributed by atoms with Gasteiger partial charge >= 0.3 is 6.36 Å². The fourth-order valence-electron chi connectivity index (χ4n) is 5.09. The van der Waals surface area contributed by atoms with Crippen LogP contribution in [0.5, 0.6) is 5.75 Å². The van der Waals surface area contributed by atoms with Crippen LogP contribution >= 0.6 is 0 Å². The Morgan fingerprint density at radius 3 is 2.24 bits per heavy atom. The van der Waals surface area contributed by atoms with Crippen molar-refractivity contribution >= 4 is 17.4 Å². The fourth-order valence-corrected chi connectivity index (χ4v) is 5.09. The third-order valence-electron chi connectivity index (χ3n) is 7.20. The number of anilines is 2. The van der Waals surface area contributed by atoms with Crippen LogP contribution in [-0.4, -0.2) is 36.3 Å². The van der Waals surface area contributed by atoms with Crippen molar-refractivity contribution in [2.75, 3.05) is 23.9 Å². The quantitative estimate of drug-likeness (QED) is 0.223. The van der Waals surface area contributed by atoms with E-state index in [9.17, 15) is 18.0 Å². The van der Waals surface area contributed by atoms with Gasteiger partial charge in [0.15, 0.2) is 0 Å². The molecule has 2 aromatic carbocycles. The van der Waals surface area contributed by atoms with Crippen LogP contribution in [0.3, 0.4) is 0 Å². The van der Waals surface area contributed by atoms with E-state index in [-0.39, 0.29) is 17.6 Å². The van der Waals surface area contributed by atoms with Crippen molar-refractivity contribution in [3.63, 3.8) is 0 Å². The first kappa shape index (κ1) is 28.1. The first-order chi connectivity index (χ1) is 19.7. The summed E-state index contributed by atoms with van der Waals surface area (Å²) in [6.07, 6.45) is 2.51. The summed E-state index contributed by atoms with van der Waals surface area (Å²) >= 11 is 0. The van der Waals surface area contributed by atoms with Gasteiger partial charge in [0.2, 0.25) is 5.91 Å². The summed E-state index contributed by atoms with van der Waals surface area (Å²) in [5, 5.41) is 0. The summed E-state index contributed by atoms with van der Waals surface area (Å²) in [7, 11) is 3.87. The average Bonchev–Trinajstić information content (AvgIpc) is 3.51. The van der Waals surface area contributed by atoms with Crippen LogP contribution in [0.1, 0.15) is 31.2 Å². The number of nitrogens with zero attached hydrogens (tertiary/aromatic N) is 4. The third kappa shape index (κ3) is 7.03. The average molecular weight is 561 g/mol. The number of hydrogen-bond donors (Lipinski definition) is 0. The maximum Gasteiger partial charge on any atom is 0.573 e. The van der Waals surface area contributed by atoms with Crippen molar-refractivity contribution in [1.82, 2.24) is 9.97 Å². The minimum absolute atomic E-state index is 0.0429. The van der Waals surface area contributed by atoms with Crippen molar-refractivity contribution in [1.29, 1.82) is 0 Å². The Morgan fingerprint density at radius 1 is 0.878 bits per heavy atom. The van der Waals surface area contributed by atoms with E-state index >= 15 is 0 Å². The normalized spacial score (nSPS) is 13.7. The second-order valence-electron chi connectivity index (χ2n) is 10.4. The smallest absolute Gasteiger partial charge is 0.406 e. The Hall–Kier alpha value is -4.40. The fraction of sp³-hybridized carbons (Fsp3) is 0.281. The van der Waals surface area contributed by atoms with Crippen LogP contribution in [0.2, 0.25) is 0 Å². The lowest BCUT2D eigenvalue weighted by molar-refractivity contribution is -0.274. The van der Waals surface area contributed by atoms with E-state index in [4.69, 9.17) is 0 Å². The highest BCUT2D eigenvalue weighted by molar-refractivity contribution is 5.95. The van der Waals surface area contributed by atoms with E-state index in [1.165, 1.54) is 18.2 Å².